The Bertz CT molecular complexity index is 1100. The SMILES string of the molecule is Cc1cc(C)n(-c2ccc(C(=O)OCC(=O)Nc3ccc4c(c3)OCCCO4)cc2)n1. The Labute approximate surface area is 179 Å². The lowest BCUT2D eigenvalue weighted by molar-refractivity contribution is -0.119. The summed E-state index contributed by atoms with van der Waals surface area (Å²) in [4.78, 5) is 24.5. The van der Waals surface area contributed by atoms with E-state index in [1.807, 2.05) is 19.9 Å². The molecule has 0 unspecified atom stereocenters. The molecular formula is C23H23N3O5. The zero-order valence-corrected chi connectivity index (χ0v) is 17.4. The summed E-state index contributed by atoms with van der Waals surface area (Å²) in [6.45, 7) is 4.64. The van der Waals surface area contributed by atoms with Crippen molar-refractivity contribution in [1.82, 2.24) is 9.78 Å². The van der Waals surface area contributed by atoms with Crippen LogP contribution in [0.15, 0.2) is 48.5 Å². The summed E-state index contributed by atoms with van der Waals surface area (Å²) in [6.07, 6.45) is 0.800. The number of carbonyl (C=O) groups excluding carboxylic acids is 2. The van der Waals surface area contributed by atoms with Gasteiger partial charge < -0.3 is 19.5 Å². The number of nitrogens with one attached hydrogen (secondary N) is 1. The number of hydrogen-bond donors (Lipinski definition) is 1. The lowest BCUT2D eigenvalue weighted by atomic mass is 10.2. The van der Waals surface area contributed by atoms with E-state index in [0.717, 1.165) is 23.5 Å². The number of benzene rings is 2. The maximum absolute atomic E-state index is 12.3. The quantitative estimate of drug-likeness (QED) is 0.635. The molecule has 0 spiro atoms. The van der Waals surface area contributed by atoms with Gasteiger partial charge in [0.25, 0.3) is 5.91 Å². The summed E-state index contributed by atoms with van der Waals surface area (Å²) in [6, 6.07) is 14.0. The Kier molecular flexibility index (Phi) is 5.88. The van der Waals surface area contributed by atoms with Crippen molar-refractivity contribution >= 4 is 17.6 Å². The van der Waals surface area contributed by atoms with Gasteiger partial charge >= 0.3 is 5.97 Å². The number of aryl methyl sites for hydroxylation is 2. The highest BCUT2D eigenvalue weighted by Crippen LogP contribution is 2.32. The number of amides is 1. The molecule has 31 heavy (non-hydrogen) atoms. The Morgan fingerprint density at radius 2 is 1.77 bits per heavy atom. The molecule has 8 heteroatoms. The first-order valence-corrected chi connectivity index (χ1v) is 10.00. The summed E-state index contributed by atoms with van der Waals surface area (Å²) < 4.78 is 18.1. The fraction of sp³-hybridized carbons (Fsp3) is 0.261. The highest BCUT2D eigenvalue weighted by molar-refractivity contribution is 5.95. The van der Waals surface area contributed by atoms with Crippen LogP contribution in [-0.2, 0) is 9.53 Å². The smallest absolute Gasteiger partial charge is 0.338 e. The van der Waals surface area contributed by atoms with Crippen LogP contribution < -0.4 is 14.8 Å². The predicted molar refractivity (Wildman–Crippen MR) is 114 cm³/mol. The largest absolute Gasteiger partial charge is 0.490 e. The van der Waals surface area contributed by atoms with Gasteiger partial charge in [-0.3, -0.25) is 4.79 Å². The number of rotatable bonds is 5. The Balaban J connectivity index is 1.33. The van der Waals surface area contributed by atoms with Crippen molar-refractivity contribution in [2.75, 3.05) is 25.1 Å². The highest BCUT2D eigenvalue weighted by Gasteiger charge is 2.14. The number of fused-ring (bicyclic) bond motifs is 1. The molecule has 2 heterocycles. The number of aromatic nitrogens is 2. The molecule has 0 atom stereocenters. The topological polar surface area (TPSA) is 91.7 Å². The maximum atomic E-state index is 12.3. The molecule has 8 nitrogen and oxygen atoms in total. The van der Waals surface area contributed by atoms with Gasteiger partial charge in [-0.2, -0.15) is 5.10 Å². The van der Waals surface area contributed by atoms with Crippen LogP contribution in [0.3, 0.4) is 0 Å². The van der Waals surface area contributed by atoms with Gasteiger partial charge in [0.05, 0.1) is 30.2 Å². The molecule has 1 aliphatic rings. The monoisotopic (exact) mass is 421 g/mol. The molecule has 0 radical (unpaired) electrons. The molecule has 0 saturated carbocycles. The van der Waals surface area contributed by atoms with Gasteiger partial charge in [0.2, 0.25) is 0 Å². The van der Waals surface area contributed by atoms with Crippen molar-refractivity contribution in [3.05, 3.63) is 65.5 Å². The van der Waals surface area contributed by atoms with E-state index in [9.17, 15) is 9.59 Å². The van der Waals surface area contributed by atoms with Gasteiger partial charge in [-0.25, -0.2) is 9.48 Å². The third-order valence-electron chi connectivity index (χ3n) is 4.72. The predicted octanol–water partition coefficient (Wildman–Crippen LogP) is 3.45. The van der Waals surface area contributed by atoms with Crippen LogP contribution in [0.1, 0.15) is 28.2 Å². The first kappa shape index (κ1) is 20.5. The van der Waals surface area contributed by atoms with Gasteiger partial charge in [-0.1, -0.05) is 0 Å². The van der Waals surface area contributed by atoms with E-state index in [2.05, 4.69) is 10.4 Å². The number of ether oxygens (including phenoxy) is 3. The van der Waals surface area contributed by atoms with Gasteiger partial charge in [0.1, 0.15) is 0 Å². The number of hydrogen-bond acceptors (Lipinski definition) is 6. The minimum atomic E-state index is -0.575. The van der Waals surface area contributed by atoms with Crippen LogP contribution in [0.5, 0.6) is 11.5 Å². The Morgan fingerprint density at radius 1 is 1.03 bits per heavy atom. The van der Waals surface area contributed by atoms with Gasteiger partial charge in [0, 0.05) is 23.9 Å². The van der Waals surface area contributed by atoms with Crippen molar-refractivity contribution in [3.63, 3.8) is 0 Å². The first-order valence-electron chi connectivity index (χ1n) is 10.00. The molecule has 0 aliphatic carbocycles. The van der Waals surface area contributed by atoms with E-state index in [4.69, 9.17) is 14.2 Å². The molecule has 2 aromatic carbocycles. The van der Waals surface area contributed by atoms with Crippen molar-refractivity contribution in [2.45, 2.75) is 20.3 Å². The lowest BCUT2D eigenvalue weighted by Crippen LogP contribution is -2.21. The van der Waals surface area contributed by atoms with Crippen molar-refractivity contribution in [1.29, 1.82) is 0 Å². The maximum Gasteiger partial charge on any atom is 0.338 e. The first-order chi connectivity index (χ1) is 15.0. The van der Waals surface area contributed by atoms with Gasteiger partial charge in [-0.05, 0) is 56.3 Å². The number of carbonyl (C=O) groups is 2. The third-order valence-corrected chi connectivity index (χ3v) is 4.72. The normalized spacial score (nSPS) is 12.7. The molecule has 0 saturated heterocycles. The Hall–Kier alpha value is -3.81. The summed E-state index contributed by atoms with van der Waals surface area (Å²) in [5.41, 5.74) is 3.65. The molecule has 160 valence electrons. The van der Waals surface area contributed by atoms with Crippen LogP contribution in [0.25, 0.3) is 5.69 Å². The van der Waals surface area contributed by atoms with Crippen molar-refractivity contribution in [3.8, 4) is 17.2 Å². The van der Waals surface area contributed by atoms with E-state index in [1.54, 1.807) is 47.1 Å². The van der Waals surface area contributed by atoms with Crippen molar-refractivity contribution in [2.24, 2.45) is 0 Å². The van der Waals surface area contributed by atoms with Crippen molar-refractivity contribution < 1.29 is 23.8 Å². The zero-order chi connectivity index (χ0) is 21.8. The zero-order valence-electron chi connectivity index (χ0n) is 17.4. The third kappa shape index (κ3) is 4.85. The fourth-order valence-electron chi connectivity index (χ4n) is 3.28. The minimum absolute atomic E-state index is 0.355. The second-order valence-electron chi connectivity index (χ2n) is 7.22. The summed E-state index contributed by atoms with van der Waals surface area (Å²) in [7, 11) is 0. The van der Waals surface area contributed by atoms with Crippen LogP contribution >= 0.6 is 0 Å². The standard InChI is InChI=1S/C23H23N3O5/c1-15-12-16(2)26(25-15)19-7-4-17(5-8-19)23(28)31-14-22(27)24-18-6-9-20-21(13-18)30-11-3-10-29-20/h4-9,12-13H,3,10-11,14H2,1-2H3,(H,24,27). The number of nitrogens with zero attached hydrogens (tertiary/aromatic N) is 2. The molecule has 1 N–H and O–H groups in total. The molecule has 0 fully saturated rings. The number of esters is 1. The minimum Gasteiger partial charge on any atom is -0.490 e. The molecule has 1 amide bonds. The highest BCUT2D eigenvalue weighted by atomic mass is 16.5. The van der Waals surface area contributed by atoms with E-state index < -0.39 is 18.5 Å². The second-order valence-corrected chi connectivity index (χ2v) is 7.22. The lowest BCUT2D eigenvalue weighted by Gasteiger charge is -2.11. The second kappa shape index (κ2) is 8.91. The van der Waals surface area contributed by atoms with Crippen LogP contribution in [0.4, 0.5) is 5.69 Å². The molecule has 3 aromatic rings. The van der Waals surface area contributed by atoms with E-state index >= 15 is 0 Å². The summed E-state index contributed by atoms with van der Waals surface area (Å²) >= 11 is 0. The van der Waals surface area contributed by atoms with Gasteiger partial charge in [-0.15, -0.1) is 0 Å². The van der Waals surface area contributed by atoms with E-state index in [-0.39, 0.29) is 0 Å². The van der Waals surface area contributed by atoms with Crippen LogP contribution in [0, 0.1) is 13.8 Å². The average molecular weight is 421 g/mol. The molecule has 1 aliphatic heterocycles. The summed E-state index contributed by atoms with van der Waals surface area (Å²) in [5.74, 6) is 0.205. The number of anilines is 1. The van der Waals surface area contributed by atoms with E-state index in [1.165, 1.54) is 0 Å². The van der Waals surface area contributed by atoms with Crippen LogP contribution in [-0.4, -0.2) is 41.5 Å². The van der Waals surface area contributed by atoms with E-state index in [0.29, 0.717) is 36.0 Å². The van der Waals surface area contributed by atoms with Gasteiger partial charge in [0.15, 0.2) is 18.1 Å². The molecule has 0 bridgehead atoms. The molecular weight excluding hydrogens is 398 g/mol. The Morgan fingerprint density at radius 3 is 2.48 bits per heavy atom. The molecule has 1 aromatic heterocycles. The van der Waals surface area contributed by atoms with Crippen LogP contribution in [0.2, 0.25) is 0 Å². The molecule has 4 rings (SSSR count). The summed E-state index contributed by atoms with van der Waals surface area (Å²) in [5, 5.41) is 7.11. The fourth-order valence-corrected chi connectivity index (χ4v) is 3.28. The average Bonchev–Trinajstić information content (AvgIpc) is 2.96.